The Morgan fingerprint density at radius 1 is 0.733 bits per heavy atom. The molecule has 0 saturated heterocycles. The first-order valence-electron chi connectivity index (χ1n) is 4.94. The summed E-state index contributed by atoms with van der Waals surface area (Å²) in [7, 11) is -7.51. The molecule has 0 atom stereocenters. The number of hydrogen-bond acceptors (Lipinski definition) is 4. The monoisotopic (exact) mass is 251 g/mol. The molecule has 0 spiro atoms. The molecular formula is C8H13NO4S2. The number of rotatable bonds is 0. The molecule has 1 aliphatic carbocycles. The summed E-state index contributed by atoms with van der Waals surface area (Å²) in [6, 6.07) is 0. The minimum atomic E-state index is -3.75. The van der Waals surface area contributed by atoms with Crippen LogP contribution in [0.15, 0.2) is 9.81 Å². The van der Waals surface area contributed by atoms with Gasteiger partial charge < -0.3 is 0 Å². The van der Waals surface area contributed by atoms with Crippen molar-refractivity contribution in [2.75, 3.05) is 0 Å². The highest BCUT2D eigenvalue weighted by atomic mass is 32.3. The molecule has 0 bridgehead atoms. The molecule has 2 rings (SSSR count). The lowest BCUT2D eigenvalue weighted by Gasteiger charge is -2.08. The van der Waals surface area contributed by atoms with Gasteiger partial charge in [0.15, 0.2) is 0 Å². The Kier molecular flexibility index (Phi) is 2.64. The van der Waals surface area contributed by atoms with Crippen molar-refractivity contribution in [1.29, 1.82) is 0 Å². The van der Waals surface area contributed by atoms with E-state index < -0.39 is 20.0 Å². The minimum absolute atomic E-state index is 0.0993. The van der Waals surface area contributed by atoms with Gasteiger partial charge in [-0.15, -0.1) is 4.13 Å². The molecular weight excluding hydrogens is 238 g/mol. The summed E-state index contributed by atoms with van der Waals surface area (Å²) in [6.45, 7) is 0. The molecule has 2 aliphatic rings. The summed E-state index contributed by atoms with van der Waals surface area (Å²) in [5.74, 6) is 0. The van der Waals surface area contributed by atoms with Crippen LogP contribution >= 0.6 is 0 Å². The zero-order valence-corrected chi connectivity index (χ0v) is 9.83. The van der Waals surface area contributed by atoms with E-state index >= 15 is 0 Å². The second-order valence-electron chi connectivity index (χ2n) is 3.85. The fraction of sp³-hybridized carbons (Fsp3) is 0.750. The molecule has 0 aromatic heterocycles. The highest BCUT2D eigenvalue weighted by Gasteiger charge is 2.39. The summed E-state index contributed by atoms with van der Waals surface area (Å²) >= 11 is 0. The van der Waals surface area contributed by atoms with Crippen molar-refractivity contribution < 1.29 is 16.8 Å². The van der Waals surface area contributed by atoms with Gasteiger partial charge in [-0.2, -0.15) is 0 Å². The molecule has 0 unspecified atom stereocenters. The van der Waals surface area contributed by atoms with Gasteiger partial charge in [-0.1, -0.05) is 12.8 Å². The smallest absolute Gasteiger partial charge is 0.206 e. The molecule has 5 nitrogen and oxygen atoms in total. The molecule has 1 N–H and O–H groups in total. The zero-order valence-electron chi connectivity index (χ0n) is 8.19. The molecule has 0 aromatic carbocycles. The first-order valence-corrected chi connectivity index (χ1v) is 7.91. The Hall–Kier alpha value is -0.400. The largest absolute Gasteiger partial charge is 0.250 e. The Balaban J connectivity index is 2.55. The van der Waals surface area contributed by atoms with Gasteiger partial charge in [0.1, 0.15) is 0 Å². The second-order valence-corrected chi connectivity index (χ2v) is 7.52. The van der Waals surface area contributed by atoms with Crippen molar-refractivity contribution in [2.24, 2.45) is 0 Å². The third-order valence-corrected chi connectivity index (χ3v) is 6.82. The van der Waals surface area contributed by atoms with Crippen LogP contribution in [0.1, 0.15) is 38.5 Å². The van der Waals surface area contributed by atoms with Crippen molar-refractivity contribution in [2.45, 2.75) is 38.5 Å². The number of allylic oxidation sites excluding steroid dienone is 2. The summed E-state index contributed by atoms with van der Waals surface area (Å²) in [6.07, 6.45) is 4.12. The summed E-state index contributed by atoms with van der Waals surface area (Å²) in [4.78, 5) is 0.199. The molecule has 15 heavy (non-hydrogen) atoms. The van der Waals surface area contributed by atoms with E-state index in [4.69, 9.17) is 0 Å². The van der Waals surface area contributed by atoms with E-state index in [1.165, 1.54) is 0 Å². The standard InChI is InChI=1S/C8H13NO4S2/c10-14(11)7-5-3-1-2-4-6-8(7)15(12,13)9-14/h9H,1-6H2. The third kappa shape index (κ3) is 1.95. The van der Waals surface area contributed by atoms with Crippen LogP contribution in [0.2, 0.25) is 0 Å². The Bertz CT molecular complexity index is 455. The van der Waals surface area contributed by atoms with Crippen LogP contribution in [-0.4, -0.2) is 16.8 Å². The first kappa shape index (κ1) is 11.1. The summed E-state index contributed by atoms with van der Waals surface area (Å²) < 4.78 is 47.9. The van der Waals surface area contributed by atoms with Gasteiger partial charge in [0.2, 0.25) is 0 Å². The minimum Gasteiger partial charge on any atom is -0.206 e. The fourth-order valence-corrected chi connectivity index (χ4v) is 6.27. The SMILES string of the molecule is O=S1(=O)NS(=O)(=O)C2=C1CCCCCC2. The van der Waals surface area contributed by atoms with E-state index in [0.717, 1.165) is 25.7 Å². The maximum Gasteiger partial charge on any atom is 0.250 e. The number of nitrogens with one attached hydrogen (secondary N) is 1. The molecule has 1 heterocycles. The highest BCUT2D eigenvalue weighted by molar-refractivity contribution is 8.11. The van der Waals surface area contributed by atoms with E-state index in [1.807, 2.05) is 0 Å². The summed E-state index contributed by atoms with van der Waals surface area (Å²) in [5.41, 5.74) is 0. The van der Waals surface area contributed by atoms with Crippen LogP contribution in [0, 0.1) is 0 Å². The van der Waals surface area contributed by atoms with Crippen LogP contribution < -0.4 is 4.13 Å². The van der Waals surface area contributed by atoms with Gasteiger partial charge in [0.05, 0.1) is 9.81 Å². The maximum atomic E-state index is 11.5. The number of sulfonamides is 2. The molecule has 1 aliphatic heterocycles. The summed E-state index contributed by atoms with van der Waals surface area (Å²) in [5, 5.41) is 0. The van der Waals surface area contributed by atoms with E-state index in [2.05, 4.69) is 0 Å². The molecule has 0 aromatic rings. The average molecular weight is 251 g/mol. The molecule has 0 saturated carbocycles. The maximum absolute atomic E-state index is 11.5. The molecule has 0 amide bonds. The quantitative estimate of drug-likeness (QED) is 0.691. The lowest BCUT2D eigenvalue weighted by Crippen LogP contribution is -2.23. The van der Waals surface area contributed by atoms with Crippen LogP contribution in [-0.2, 0) is 20.0 Å². The lowest BCUT2D eigenvalue weighted by molar-refractivity contribution is 0.587. The van der Waals surface area contributed by atoms with Crippen molar-refractivity contribution in [1.82, 2.24) is 4.13 Å². The van der Waals surface area contributed by atoms with Gasteiger partial charge in [-0.05, 0) is 25.7 Å². The lowest BCUT2D eigenvalue weighted by atomic mass is 10.1. The van der Waals surface area contributed by atoms with Crippen molar-refractivity contribution >= 4 is 20.0 Å². The van der Waals surface area contributed by atoms with Crippen molar-refractivity contribution in [3.63, 3.8) is 0 Å². The molecule has 0 fully saturated rings. The van der Waals surface area contributed by atoms with Crippen LogP contribution in [0.3, 0.4) is 0 Å². The van der Waals surface area contributed by atoms with Gasteiger partial charge >= 0.3 is 0 Å². The van der Waals surface area contributed by atoms with Gasteiger partial charge in [-0.25, -0.2) is 16.8 Å². The van der Waals surface area contributed by atoms with E-state index in [1.54, 1.807) is 4.13 Å². The van der Waals surface area contributed by atoms with Crippen LogP contribution in [0.4, 0.5) is 0 Å². The van der Waals surface area contributed by atoms with Gasteiger partial charge in [0.25, 0.3) is 20.0 Å². The van der Waals surface area contributed by atoms with Gasteiger partial charge in [0, 0.05) is 0 Å². The molecule has 86 valence electrons. The Morgan fingerprint density at radius 3 is 1.53 bits per heavy atom. The predicted molar refractivity (Wildman–Crippen MR) is 55.7 cm³/mol. The van der Waals surface area contributed by atoms with Crippen LogP contribution in [0.25, 0.3) is 0 Å². The Morgan fingerprint density at radius 2 is 1.13 bits per heavy atom. The van der Waals surface area contributed by atoms with Crippen molar-refractivity contribution in [3.05, 3.63) is 9.81 Å². The Labute approximate surface area is 89.7 Å². The molecule has 7 heteroatoms. The normalized spacial score (nSPS) is 29.3. The van der Waals surface area contributed by atoms with E-state index in [-0.39, 0.29) is 9.81 Å². The topological polar surface area (TPSA) is 80.3 Å². The molecule has 0 radical (unpaired) electrons. The van der Waals surface area contributed by atoms with Crippen LogP contribution in [0.5, 0.6) is 0 Å². The van der Waals surface area contributed by atoms with E-state index in [9.17, 15) is 16.8 Å². The third-order valence-electron chi connectivity index (χ3n) is 2.74. The highest BCUT2D eigenvalue weighted by Crippen LogP contribution is 2.34. The van der Waals surface area contributed by atoms with Crippen molar-refractivity contribution in [3.8, 4) is 0 Å². The number of hydrogen-bond donors (Lipinski definition) is 1. The van der Waals surface area contributed by atoms with E-state index in [0.29, 0.717) is 12.8 Å². The second kappa shape index (κ2) is 3.57. The predicted octanol–water partition coefficient (Wildman–Crippen LogP) is 0.815. The average Bonchev–Trinajstić information content (AvgIpc) is 2.13. The fourth-order valence-electron chi connectivity index (χ4n) is 2.02. The van der Waals surface area contributed by atoms with Gasteiger partial charge in [-0.3, -0.25) is 0 Å². The first-order chi connectivity index (χ1) is 6.93. The zero-order chi connectivity index (χ0) is 11.1.